The van der Waals surface area contributed by atoms with E-state index in [-0.39, 0.29) is 0 Å². The molecule has 1 aromatic heterocycles. The average Bonchev–Trinajstić information content (AvgIpc) is 2.82. The van der Waals surface area contributed by atoms with E-state index < -0.39 is 8.07 Å². The Hall–Kier alpha value is -1.46. The Morgan fingerprint density at radius 3 is 2.05 bits per heavy atom. The normalized spacial score (nSPS) is 12.2. The summed E-state index contributed by atoms with van der Waals surface area (Å²) in [5.74, 6) is 3.53. The van der Waals surface area contributed by atoms with E-state index >= 15 is 0 Å². The second kappa shape index (κ2) is 6.11. The lowest BCUT2D eigenvalue weighted by Crippen LogP contribution is -2.43. The summed E-state index contributed by atoms with van der Waals surface area (Å²) in [6.45, 7) is 14.1. The van der Waals surface area contributed by atoms with Gasteiger partial charge in [-0.3, -0.25) is 0 Å². The van der Waals surface area contributed by atoms with E-state index in [1.54, 1.807) is 0 Å². The number of H-pyrrole nitrogens is 1. The van der Waals surface area contributed by atoms with Gasteiger partial charge in [-0.25, -0.2) is 0 Å². The summed E-state index contributed by atoms with van der Waals surface area (Å²) in [6.07, 6.45) is 2.05. The number of para-hydroxylation sites is 1. The zero-order chi connectivity index (χ0) is 15.6. The molecule has 0 aliphatic heterocycles. The molecule has 0 amide bonds. The molecule has 0 saturated carbocycles. The van der Waals surface area contributed by atoms with Crippen molar-refractivity contribution in [2.75, 3.05) is 0 Å². The second-order valence-electron chi connectivity index (χ2n) is 6.90. The zero-order valence-corrected chi connectivity index (χ0v) is 15.1. The first-order chi connectivity index (χ1) is 9.89. The van der Waals surface area contributed by atoms with Crippen molar-refractivity contribution in [2.24, 2.45) is 0 Å². The van der Waals surface area contributed by atoms with E-state index in [1.165, 1.54) is 10.9 Å². The quantitative estimate of drug-likeness (QED) is 0.549. The predicted octanol–water partition coefficient (Wildman–Crippen LogP) is 5.74. The van der Waals surface area contributed by atoms with Crippen molar-refractivity contribution in [1.82, 2.24) is 4.98 Å². The molecule has 1 N–H and O–H groups in total. The van der Waals surface area contributed by atoms with Crippen molar-refractivity contribution in [2.45, 2.75) is 58.2 Å². The molecule has 112 valence electrons. The SMILES string of the molecule is CC(C)[Si](C#Cc1c[nH]c2ccccc12)(C(C)C)C(C)C. The van der Waals surface area contributed by atoms with E-state index in [4.69, 9.17) is 0 Å². The highest BCUT2D eigenvalue weighted by Gasteiger charge is 2.41. The summed E-state index contributed by atoms with van der Waals surface area (Å²) >= 11 is 0. The number of aromatic nitrogens is 1. The van der Waals surface area contributed by atoms with Crippen molar-refractivity contribution in [3.63, 3.8) is 0 Å². The standard InChI is InChI=1S/C19H27NSi/c1-14(2)21(15(3)4,16(5)6)12-11-17-13-20-19-10-8-7-9-18(17)19/h7-10,13-16,20H,1-6H3. The van der Waals surface area contributed by atoms with Gasteiger partial charge in [-0.15, -0.1) is 5.54 Å². The van der Waals surface area contributed by atoms with Crippen LogP contribution in [0.15, 0.2) is 30.5 Å². The van der Waals surface area contributed by atoms with Gasteiger partial charge in [0.1, 0.15) is 8.07 Å². The van der Waals surface area contributed by atoms with E-state index in [2.05, 4.69) is 88.5 Å². The Morgan fingerprint density at radius 2 is 1.48 bits per heavy atom. The van der Waals surface area contributed by atoms with Crippen molar-refractivity contribution < 1.29 is 0 Å². The van der Waals surface area contributed by atoms with Crippen LogP contribution in [0.3, 0.4) is 0 Å². The lowest BCUT2D eigenvalue weighted by Gasteiger charge is -2.38. The van der Waals surface area contributed by atoms with Gasteiger partial charge in [0.25, 0.3) is 0 Å². The zero-order valence-electron chi connectivity index (χ0n) is 14.1. The maximum Gasteiger partial charge on any atom is 0.146 e. The summed E-state index contributed by atoms with van der Waals surface area (Å²) in [6, 6.07) is 8.41. The molecule has 0 fully saturated rings. The number of hydrogen-bond acceptors (Lipinski definition) is 0. The number of nitrogens with one attached hydrogen (secondary N) is 1. The van der Waals surface area contributed by atoms with Crippen LogP contribution in [0.5, 0.6) is 0 Å². The molecule has 0 unspecified atom stereocenters. The molecular formula is C19H27NSi. The minimum absolute atomic E-state index is 0.676. The van der Waals surface area contributed by atoms with Crippen LogP contribution >= 0.6 is 0 Å². The molecule has 2 rings (SSSR count). The van der Waals surface area contributed by atoms with Crippen LogP contribution in [-0.2, 0) is 0 Å². The first-order valence-electron chi connectivity index (χ1n) is 7.98. The van der Waals surface area contributed by atoms with E-state index in [9.17, 15) is 0 Å². The lowest BCUT2D eigenvalue weighted by molar-refractivity contribution is 0.838. The van der Waals surface area contributed by atoms with E-state index in [0.29, 0.717) is 16.6 Å². The molecule has 0 bridgehead atoms. The minimum atomic E-state index is -1.65. The Morgan fingerprint density at radius 1 is 0.905 bits per heavy atom. The highest BCUT2D eigenvalue weighted by Crippen LogP contribution is 2.40. The van der Waals surface area contributed by atoms with Crippen LogP contribution in [0.1, 0.15) is 47.1 Å². The van der Waals surface area contributed by atoms with Crippen molar-refractivity contribution in [3.05, 3.63) is 36.0 Å². The van der Waals surface area contributed by atoms with Crippen LogP contribution < -0.4 is 0 Å². The fourth-order valence-corrected chi connectivity index (χ4v) is 9.00. The van der Waals surface area contributed by atoms with Gasteiger partial charge in [0, 0.05) is 22.7 Å². The first-order valence-corrected chi connectivity index (χ1v) is 10.2. The molecule has 0 atom stereocenters. The molecular weight excluding hydrogens is 270 g/mol. The van der Waals surface area contributed by atoms with Gasteiger partial charge >= 0.3 is 0 Å². The molecule has 21 heavy (non-hydrogen) atoms. The number of benzene rings is 1. The van der Waals surface area contributed by atoms with Crippen LogP contribution in [-0.4, -0.2) is 13.1 Å². The number of aromatic amines is 1. The Balaban J connectivity index is 2.52. The smallest absolute Gasteiger partial charge is 0.146 e. The second-order valence-corrected chi connectivity index (χ2v) is 12.5. The lowest BCUT2D eigenvalue weighted by atomic mass is 10.2. The van der Waals surface area contributed by atoms with Crippen LogP contribution in [0.25, 0.3) is 10.9 Å². The summed E-state index contributed by atoms with van der Waals surface area (Å²) in [7, 11) is -1.65. The van der Waals surface area contributed by atoms with Crippen molar-refractivity contribution in [1.29, 1.82) is 0 Å². The Kier molecular flexibility index (Phi) is 4.63. The Bertz CT molecular complexity index is 646. The van der Waals surface area contributed by atoms with Gasteiger partial charge in [-0.2, -0.15) is 0 Å². The molecule has 0 radical (unpaired) electrons. The number of rotatable bonds is 3. The van der Waals surface area contributed by atoms with Gasteiger partial charge in [-0.05, 0) is 22.7 Å². The highest BCUT2D eigenvalue weighted by atomic mass is 28.3. The van der Waals surface area contributed by atoms with Crippen LogP contribution in [0.2, 0.25) is 16.6 Å². The molecule has 0 aliphatic carbocycles. The minimum Gasteiger partial charge on any atom is -0.360 e. The van der Waals surface area contributed by atoms with E-state index in [0.717, 1.165) is 5.56 Å². The van der Waals surface area contributed by atoms with E-state index in [1.807, 2.05) is 0 Å². The van der Waals surface area contributed by atoms with Gasteiger partial charge in [0.05, 0.1) is 0 Å². The third-order valence-electron chi connectivity index (χ3n) is 4.87. The van der Waals surface area contributed by atoms with Gasteiger partial charge in [-0.1, -0.05) is 65.7 Å². The number of hydrogen-bond donors (Lipinski definition) is 1. The predicted molar refractivity (Wildman–Crippen MR) is 96.2 cm³/mol. The third kappa shape index (κ3) is 2.80. The maximum absolute atomic E-state index is 3.80. The molecule has 0 spiro atoms. The monoisotopic (exact) mass is 297 g/mol. The molecule has 0 aliphatic rings. The maximum atomic E-state index is 3.80. The fraction of sp³-hybridized carbons (Fsp3) is 0.474. The third-order valence-corrected chi connectivity index (χ3v) is 11.2. The fourth-order valence-electron chi connectivity index (χ4n) is 3.78. The molecule has 2 aromatic rings. The molecule has 2 heteroatoms. The molecule has 1 aromatic carbocycles. The van der Waals surface area contributed by atoms with Crippen LogP contribution in [0.4, 0.5) is 0 Å². The highest BCUT2D eigenvalue weighted by molar-refractivity contribution is 6.90. The van der Waals surface area contributed by atoms with Gasteiger partial charge < -0.3 is 4.98 Å². The van der Waals surface area contributed by atoms with Crippen molar-refractivity contribution >= 4 is 19.0 Å². The van der Waals surface area contributed by atoms with Crippen molar-refractivity contribution in [3.8, 4) is 11.5 Å². The van der Waals surface area contributed by atoms with Crippen LogP contribution in [0, 0.1) is 11.5 Å². The molecule has 1 nitrogen and oxygen atoms in total. The summed E-state index contributed by atoms with van der Waals surface area (Å²) < 4.78 is 0. The van der Waals surface area contributed by atoms with Gasteiger partial charge in [0.2, 0.25) is 0 Å². The molecule has 1 heterocycles. The first kappa shape index (κ1) is 15.9. The topological polar surface area (TPSA) is 15.8 Å². The van der Waals surface area contributed by atoms with Gasteiger partial charge in [0.15, 0.2) is 0 Å². The Labute approximate surface area is 130 Å². The summed E-state index contributed by atoms with van der Waals surface area (Å²) in [5.41, 5.74) is 8.14. The average molecular weight is 298 g/mol. The summed E-state index contributed by atoms with van der Waals surface area (Å²) in [5, 5.41) is 1.24. The number of fused-ring (bicyclic) bond motifs is 1. The largest absolute Gasteiger partial charge is 0.360 e. The summed E-state index contributed by atoms with van der Waals surface area (Å²) in [4.78, 5) is 3.33. The molecule has 0 saturated heterocycles.